The fraction of sp³-hybridized carbons (Fsp3) is 0.722. The molecule has 2 aliphatic heterocycles. The number of nitrogens with zero attached hydrogens (tertiary/aromatic N) is 2. The number of phenolic OH excluding ortho intramolecular Hbond substituents is 1. The van der Waals surface area contributed by atoms with Crippen LogP contribution in [0.5, 0.6) is 5.75 Å². The van der Waals surface area contributed by atoms with Crippen LogP contribution in [-0.2, 0) is 78.3 Å². The highest BCUT2D eigenvalue weighted by Gasteiger charge is 2.48. The van der Waals surface area contributed by atoms with Gasteiger partial charge in [0.25, 0.3) is 0 Å². The number of nitrogens with two attached hydrogens (primary N) is 4. The lowest BCUT2D eigenvalue weighted by atomic mass is 9.99. The van der Waals surface area contributed by atoms with Gasteiger partial charge in [-0.25, -0.2) is 0 Å². The number of carbonyl (C=O) groups excluding carboxylic acids is 14. The van der Waals surface area contributed by atoms with Gasteiger partial charge in [-0.15, -0.1) is 0 Å². The predicted molar refractivity (Wildman–Crippen MR) is 396 cm³/mol. The number of esters is 1. The van der Waals surface area contributed by atoms with E-state index < -0.39 is 236 Å². The molecule has 622 valence electrons. The molecule has 0 aromatic heterocycles. The van der Waals surface area contributed by atoms with Gasteiger partial charge < -0.3 is 126 Å². The standard InChI is InChI=1S/C72H121N15O23/c1-10-11-12-13-14-15-16-17-18-19-20-23-45(110-72(109)37(4)22-21-27-73)32-53(97)80-57(40(7)89)67(104)78-38(5)63(100)79-47(30-43-24-25-49(93)46(74)29-43)64(101)82-55(36(2)3)70(107)87-35-44(92)31-48(87)65(102)83-58(41(8)90)68(105)84-59(42(9)91)71(108)86-28-26-50(94)61(86)69(106)85-60(51(95)33-52(75)96)66(103)77-34-54(98)81-56(39(6)88)62(76)99/h24-25,29,36-42,44-45,47-48,50-51,55-61,88-95H,10-23,26-28,30-35,73-74H2,1-9H3,(H2,75,96)(H2,76,99)(H,77,103)(H,78,104)(H,79,100)(H,80,97)(H,81,98)(H,82,101)(H,83,102)(H,84,105)(H,85,106)/t37-,38+,39+,40+,41+,42+,44+,45+,47-,48-,50-,51+,55-,56+,57+,58+,59-,60-,61-/m0/s1. The normalized spacial score (nSPS) is 19.7. The molecule has 38 nitrogen and oxygen atoms in total. The smallest absolute Gasteiger partial charge is 0.308 e. The molecule has 2 fully saturated rings. The largest absolute Gasteiger partial charge is 0.506 e. The Kier molecular flexibility index (Phi) is 41.0. The molecule has 110 heavy (non-hydrogen) atoms. The lowest BCUT2D eigenvalue weighted by Gasteiger charge is -2.34. The fourth-order valence-electron chi connectivity index (χ4n) is 12.6. The van der Waals surface area contributed by atoms with E-state index in [0.29, 0.717) is 37.1 Å². The molecule has 38 heteroatoms. The molecule has 0 unspecified atom stereocenters. The molecule has 0 radical (unpaired) electrons. The Morgan fingerprint density at radius 3 is 1.65 bits per heavy atom. The molecule has 0 spiro atoms. The number of anilines is 1. The van der Waals surface area contributed by atoms with Gasteiger partial charge in [-0.05, 0) is 96.9 Å². The second kappa shape index (κ2) is 47.3. The van der Waals surface area contributed by atoms with Crippen molar-refractivity contribution >= 4 is 88.5 Å². The summed E-state index contributed by atoms with van der Waals surface area (Å²) in [5, 5.41) is 107. The minimum Gasteiger partial charge on any atom is -0.506 e. The minimum atomic E-state index is -2.14. The topological polar surface area (TPSA) is 629 Å². The molecule has 0 bridgehead atoms. The average Bonchev–Trinajstić information content (AvgIpc) is 1.75. The number of hydrogen-bond donors (Lipinski definition) is 21. The fourth-order valence-corrected chi connectivity index (χ4v) is 12.6. The van der Waals surface area contributed by atoms with E-state index in [1.807, 2.05) is 0 Å². The Bertz CT molecular complexity index is 3250. The SMILES string of the molecule is CCCCCCCCCCCCC[C@H](CC(=O)N[C@@H](C(=O)N[C@H](C)C(=O)N[C@@H](Cc1ccc(O)c(N)c1)C(=O)N[C@H](C(=O)N1C[C@H](O)C[C@H]1C(=O)N[C@@H](C(=O)N[C@H](C(=O)N1CC[C@H](O)[C@H]1C(=O)N[C@H](C(=O)NCC(=O)N[C@@H](C(N)=O)[C@@H](C)O)[C@H](O)CC(N)=O)[C@@H](C)O)[C@@H](C)O)C(C)C)[C@@H](C)O)OC(=O)[C@@H](C)CCCN. The Hall–Kier alpha value is -8.92. The maximum atomic E-state index is 14.8. The van der Waals surface area contributed by atoms with Crippen molar-refractivity contribution in [3.8, 4) is 5.75 Å². The van der Waals surface area contributed by atoms with E-state index in [-0.39, 0.29) is 36.3 Å². The van der Waals surface area contributed by atoms with Crippen molar-refractivity contribution in [3.05, 3.63) is 23.8 Å². The van der Waals surface area contributed by atoms with Crippen LogP contribution in [0.15, 0.2) is 18.2 Å². The second-order valence-electron chi connectivity index (χ2n) is 29.1. The van der Waals surface area contributed by atoms with Crippen molar-refractivity contribution in [3.63, 3.8) is 0 Å². The molecule has 2 aliphatic rings. The number of unbranched alkanes of at least 4 members (excludes halogenated alkanes) is 10. The van der Waals surface area contributed by atoms with Crippen molar-refractivity contribution in [1.29, 1.82) is 0 Å². The second-order valence-corrected chi connectivity index (χ2v) is 29.1. The van der Waals surface area contributed by atoms with E-state index in [2.05, 4.69) is 54.8 Å². The zero-order chi connectivity index (χ0) is 83.0. The number of nitrogens with one attached hydrogen (secondary N) is 9. The molecule has 1 aromatic carbocycles. The average molecular weight is 1560 g/mol. The quantitative estimate of drug-likeness (QED) is 0.0125. The minimum absolute atomic E-state index is 0.116. The van der Waals surface area contributed by atoms with Gasteiger partial charge in [0.15, 0.2) is 0 Å². The summed E-state index contributed by atoms with van der Waals surface area (Å²) < 4.78 is 5.85. The summed E-state index contributed by atoms with van der Waals surface area (Å²) in [6.07, 6.45) is -2.16. The van der Waals surface area contributed by atoms with Gasteiger partial charge in [0, 0.05) is 25.9 Å². The number of rotatable bonds is 49. The Balaban J connectivity index is 1.83. The van der Waals surface area contributed by atoms with Crippen LogP contribution in [0.25, 0.3) is 0 Å². The lowest BCUT2D eigenvalue weighted by molar-refractivity contribution is -0.155. The molecule has 13 amide bonds. The summed E-state index contributed by atoms with van der Waals surface area (Å²) in [6.45, 7) is 11.0. The molecule has 19 atom stereocenters. The number of carbonyl (C=O) groups is 14. The molecule has 3 rings (SSSR count). The number of ether oxygens (including phenoxy) is 1. The van der Waals surface area contributed by atoms with Crippen LogP contribution >= 0.6 is 0 Å². The number of benzene rings is 1. The molecule has 0 aliphatic carbocycles. The summed E-state index contributed by atoms with van der Waals surface area (Å²) in [5.41, 5.74) is 22.3. The first-order chi connectivity index (χ1) is 51.6. The van der Waals surface area contributed by atoms with E-state index in [9.17, 15) is 108 Å². The molecule has 0 saturated carbocycles. The van der Waals surface area contributed by atoms with Gasteiger partial charge in [0.2, 0.25) is 76.8 Å². The first-order valence-corrected chi connectivity index (χ1v) is 37.8. The number of β-amino-alcohol motifs (C(OH)–C–C–N with tert-alkyl or cyclic N) is 1. The summed E-state index contributed by atoms with van der Waals surface area (Å²) in [7, 11) is 0. The Labute approximate surface area is 640 Å². The maximum Gasteiger partial charge on any atom is 0.308 e. The zero-order valence-corrected chi connectivity index (χ0v) is 64.4. The number of nitrogen functional groups attached to an aromatic ring is 1. The number of aliphatic hydroxyl groups is 7. The molecular formula is C72H121N15O23. The first kappa shape index (κ1) is 95.3. The van der Waals surface area contributed by atoms with Crippen molar-refractivity contribution in [2.45, 2.75) is 294 Å². The van der Waals surface area contributed by atoms with Crippen molar-refractivity contribution < 1.29 is 113 Å². The number of hydrogen-bond acceptors (Lipinski definition) is 25. The zero-order valence-electron chi connectivity index (χ0n) is 64.4. The van der Waals surface area contributed by atoms with Crippen LogP contribution < -0.4 is 70.8 Å². The first-order valence-electron chi connectivity index (χ1n) is 37.8. The molecule has 2 saturated heterocycles. The van der Waals surface area contributed by atoms with Crippen molar-refractivity contribution in [2.75, 3.05) is 31.9 Å². The van der Waals surface area contributed by atoms with Gasteiger partial charge in [-0.1, -0.05) is 98.0 Å². The van der Waals surface area contributed by atoms with Gasteiger partial charge in [-0.3, -0.25) is 67.1 Å². The monoisotopic (exact) mass is 1560 g/mol. The van der Waals surface area contributed by atoms with Gasteiger partial charge in [0.05, 0.1) is 73.7 Å². The lowest BCUT2D eigenvalue weighted by Crippen LogP contribution is -2.64. The van der Waals surface area contributed by atoms with Crippen LogP contribution in [0, 0.1) is 11.8 Å². The van der Waals surface area contributed by atoms with Gasteiger partial charge >= 0.3 is 5.97 Å². The third-order valence-electron chi connectivity index (χ3n) is 19.1. The third kappa shape index (κ3) is 31.1. The Morgan fingerprint density at radius 1 is 0.564 bits per heavy atom. The number of likely N-dealkylation sites (tertiary alicyclic amines) is 2. The highest BCUT2D eigenvalue weighted by molar-refractivity contribution is 6.00. The molecule has 2 heterocycles. The van der Waals surface area contributed by atoms with Crippen LogP contribution in [0.1, 0.15) is 183 Å². The van der Waals surface area contributed by atoms with Gasteiger partial charge in [-0.2, -0.15) is 0 Å². The van der Waals surface area contributed by atoms with E-state index in [4.69, 9.17) is 27.7 Å². The number of primary amides is 2. The highest BCUT2D eigenvalue weighted by Crippen LogP contribution is 2.26. The number of aromatic hydroxyl groups is 1. The maximum absolute atomic E-state index is 14.8. The predicted octanol–water partition coefficient (Wildman–Crippen LogP) is -5.27. The molecular weight excluding hydrogens is 1440 g/mol. The summed E-state index contributed by atoms with van der Waals surface area (Å²) in [4.78, 5) is 192. The van der Waals surface area contributed by atoms with E-state index in [1.54, 1.807) is 6.92 Å². The van der Waals surface area contributed by atoms with Crippen LogP contribution in [0.2, 0.25) is 0 Å². The summed E-state index contributed by atoms with van der Waals surface area (Å²) in [5.74, 6) is -16.8. The third-order valence-corrected chi connectivity index (χ3v) is 19.1. The molecule has 1 aromatic rings. The van der Waals surface area contributed by atoms with Crippen molar-refractivity contribution in [1.82, 2.24) is 57.7 Å². The van der Waals surface area contributed by atoms with E-state index in [1.165, 1.54) is 78.0 Å². The Morgan fingerprint density at radius 2 is 1.10 bits per heavy atom. The van der Waals surface area contributed by atoms with Crippen LogP contribution in [0.4, 0.5) is 5.69 Å². The van der Waals surface area contributed by atoms with E-state index >= 15 is 0 Å². The summed E-state index contributed by atoms with van der Waals surface area (Å²) in [6, 6.07) is -13.8. The van der Waals surface area contributed by atoms with Gasteiger partial charge in [0.1, 0.15) is 72.3 Å². The highest BCUT2D eigenvalue weighted by atomic mass is 16.5. The van der Waals surface area contributed by atoms with Crippen LogP contribution in [-0.4, -0.2) is 269 Å². The van der Waals surface area contributed by atoms with Crippen molar-refractivity contribution in [2.24, 2.45) is 29.0 Å². The summed E-state index contributed by atoms with van der Waals surface area (Å²) >= 11 is 0. The van der Waals surface area contributed by atoms with Crippen LogP contribution in [0.3, 0.4) is 0 Å². The number of aliphatic hydroxyl groups excluding tert-OH is 7. The number of amides is 13. The number of phenols is 1. The van der Waals surface area contributed by atoms with E-state index in [0.717, 1.165) is 57.8 Å². The molecule has 25 N–H and O–H groups in total.